The summed E-state index contributed by atoms with van der Waals surface area (Å²) in [5.74, 6) is -0.242. The fourth-order valence-electron chi connectivity index (χ4n) is 2.63. The highest BCUT2D eigenvalue weighted by atomic mass is 16.5. The summed E-state index contributed by atoms with van der Waals surface area (Å²) in [5.41, 5.74) is 1.59. The van der Waals surface area contributed by atoms with E-state index in [0.29, 0.717) is 22.6 Å². The molecule has 0 aliphatic rings. The van der Waals surface area contributed by atoms with Crippen LogP contribution in [0.5, 0.6) is 0 Å². The second-order valence-electron chi connectivity index (χ2n) is 5.90. The highest BCUT2D eigenvalue weighted by Gasteiger charge is 2.18. The van der Waals surface area contributed by atoms with Gasteiger partial charge in [-0.25, -0.2) is 4.79 Å². The molecule has 9 heteroatoms. The maximum Gasteiger partial charge on any atom is 0.420 e. The van der Waals surface area contributed by atoms with Crippen LogP contribution in [-0.2, 0) is 17.9 Å². The zero-order valence-electron chi connectivity index (χ0n) is 14.4. The lowest BCUT2D eigenvalue weighted by atomic mass is 10.3. The Kier molecular flexibility index (Phi) is 4.25. The Morgan fingerprint density at radius 1 is 1.19 bits per heavy atom. The second kappa shape index (κ2) is 6.87. The summed E-state index contributed by atoms with van der Waals surface area (Å²) in [4.78, 5) is 34.3. The third-order valence-corrected chi connectivity index (χ3v) is 4.03. The van der Waals surface area contributed by atoms with E-state index in [1.165, 1.54) is 9.47 Å². The Morgan fingerprint density at radius 3 is 2.81 bits per heavy atom. The van der Waals surface area contributed by atoms with Crippen molar-refractivity contribution in [1.82, 2.24) is 24.6 Å². The Balaban J connectivity index is 1.48. The van der Waals surface area contributed by atoms with Crippen molar-refractivity contribution in [1.29, 1.82) is 0 Å². The number of hydrogen-bond donors (Lipinski definition) is 0. The highest BCUT2D eigenvalue weighted by molar-refractivity contribution is 5.79. The predicted octanol–water partition coefficient (Wildman–Crippen LogP) is 1.70. The molecule has 0 radical (unpaired) electrons. The summed E-state index contributed by atoms with van der Waals surface area (Å²) in [5, 5.41) is 3.87. The first-order valence-electron chi connectivity index (χ1n) is 8.18. The average Bonchev–Trinajstić information content (AvgIpc) is 3.27. The van der Waals surface area contributed by atoms with Gasteiger partial charge in [0.05, 0.1) is 12.1 Å². The summed E-state index contributed by atoms with van der Waals surface area (Å²) >= 11 is 0. The molecule has 0 bridgehead atoms. The molecule has 0 saturated heterocycles. The number of nitrogens with zero attached hydrogens (tertiary/aromatic N) is 5. The Bertz CT molecular complexity index is 1150. The number of fused-ring (bicyclic) bond motifs is 1. The number of amides is 1. The van der Waals surface area contributed by atoms with E-state index in [1.807, 2.05) is 6.07 Å². The summed E-state index contributed by atoms with van der Waals surface area (Å²) in [6, 6.07) is 12.3. The van der Waals surface area contributed by atoms with Crippen LogP contribution in [0, 0.1) is 0 Å². The van der Waals surface area contributed by atoms with Crippen LogP contribution in [0.1, 0.15) is 5.89 Å². The van der Waals surface area contributed by atoms with Crippen molar-refractivity contribution in [2.75, 3.05) is 7.05 Å². The molecule has 4 aromatic rings. The molecule has 0 aliphatic heterocycles. The first kappa shape index (κ1) is 16.7. The Hall–Kier alpha value is -3.75. The lowest BCUT2D eigenvalue weighted by Gasteiger charge is -2.14. The molecule has 0 spiro atoms. The number of rotatable bonds is 5. The molecular formula is C18H15N5O4. The van der Waals surface area contributed by atoms with E-state index in [4.69, 9.17) is 8.94 Å². The van der Waals surface area contributed by atoms with Gasteiger partial charge in [0.1, 0.15) is 12.2 Å². The van der Waals surface area contributed by atoms with Crippen molar-refractivity contribution >= 4 is 17.0 Å². The molecule has 0 aliphatic carbocycles. The molecule has 9 nitrogen and oxygen atoms in total. The zero-order chi connectivity index (χ0) is 18.8. The van der Waals surface area contributed by atoms with Crippen LogP contribution in [0.25, 0.3) is 22.6 Å². The number of oxazole rings is 1. The number of benzene rings is 1. The van der Waals surface area contributed by atoms with Crippen molar-refractivity contribution in [3.05, 3.63) is 65.1 Å². The summed E-state index contributed by atoms with van der Waals surface area (Å²) < 4.78 is 11.6. The van der Waals surface area contributed by atoms with E-state index in [2.05, 4.69) is 15.1 Å². The van der Waals surface area contributed by atoms with Gasteiger partial charge in [-0.15, -0.1) is 0 Å². The fraction of sp³-hybridized carbons (Fsp3) is 0.167. The molecule has 4 rings (SSSR count). The maximum atomic E-state index is 12.5. The molecule has 1 amide bonds. The molecular weight excluding hydrogens is 350 g/mol. The maximum absolute atomic E-state index is 12.5. The van der Waals surface area contributed by atoms with Crippen LogP contribution in [0.3, 0.4) is 0 Å². The van der Waals surface area contributed by atoms with Gasteiger partial charge in [-0.3, -0.25) is 14.3 Å². The minimum absolute atomic E-state index is 0.114. The van der Waals surface area contributed by atoms with Crippen molar-refractivity contribution in [3.8, 4) is 11.5 Å². The standard InChI is InChI=1S/C18H15N5O4/c1-22(10-15-20-17(21-27-15)12-6-4-5-9-19-12)16(24)11-23-13-7-2-3-8-14(13)26-18(23)25/h2-9H,10-11H2,1H3. The van der Waals surface area contributed by atoms with E-state index < -0.39 is 5.76 Å². The van der Waals surface area contributed by atoms with Crippen molar-refractivity contribution in [2.24, 2.45) is 0 Å². The summed E-state index contributed by atoms with van der Waals surface area (Å²) in [6.45, 7) is -0.0310. The smallest absolute Gasteiger partial charge is 0.408 e. The summed E-state index contributed by atoms with van der Waals surface area (Å²) in [7, 11) is 1.60. The van der Waals surface area contributed by atoms with Crippen molar-refractivity contribution in [3.63, 3.8) is 0 Å². The SMILES string of the molecule is CN(Cc1nc(-c2ccccn2)no1)C(=O)Cn1c(=O)oc2ccccc21. The quantitative estimate of drug-likeness (QED) is 0.530. The van der Waals surface area contributed by atoms with Gasteiger partial charge in [-0.05, 0) is 24.3 Å². The topological polar surface area (TPSA) is 107 Å². The van der Waals surface area contributed by atoms with Crippen molar-refractivity contribution in [2.45, 2.75) is 13.1 Å². The van der Waals surface area contributed by atoms with E-state index in [9.17, 15) is 9.59 Å². The van der Waals surface area contributed by atoms with Crippen LogP contribution in [0.2, 0.25) is 0 Å². The molecule has 0 unspecified atom stereocenters. The molecule has 0 N–H and O–H groups in total. The van der Waals surface area contributed by atoms with Gasteiger partial charge in [-0.2, -0.15) is 4.98 Å². The van der Waals surface area contributed by atoms with Gasteiger partial charge in [0.15, 0.2) is 5.58 Å². The van der Waals surface area contributed by atoms with Gasteiger partial charge in [0, 0.05) is 13.2 Å². The van der Waals surface area contributed by atoms with Gasteiger partial charge in [0.25, 0.3) is 0 Å². The van der Waals surface area contributed by atoms with Gasteiger partial charge < -0.3 is 13.8 Å². The normalized spacial score (nSPS) is 11.0. The van der Waals surface area contributed by atoms with Gasteiger partial charge in [-0.1, -0.05) is 23.4 Å². The first-order chi connectivity index (χ1) is 13.1. The largest absolute Gasteiger partial charge is 0.420 e. The number of para-hydroxylation sites is 2. The number of likely N-dealkylation sites (N-methyl/N-ethyl adjacent to an activating group) is 1. The minimum atomic E-state index is -0.576. The van der Waals surface area contributed by atoms with E-state index in [0.717, 1.165) is 0 Å². The lowest BCUT2D eigenvalue weighted by Crippen LogP contribution is -2.32. The fourth-order valence-corrected chi connectivity index (χ4v) is 2.63. The van der Waals surface area contributed by atoms with Crippen LogP contribution in [0.15, 0.2) is 62.4 Å². The highest BCUT2D eigenvalue weighted by Crippen LogP contribution is 2.14. The number of carbonyl (C=O) groups excluding carboxylic acids is 1. The average molecular weight is 365 g/mol. The molecule has 3 aromatic heterocycles. The number of pyridine rings is 1. The minimum Gasteiger partial charge on any atom is -0.408 e. The zero-order valence-corrected chi connectivity index (χ0v) is 14.4. The van der Waals surface area contributed by atoms with E-state index in [1.54, 1.807) is 49.6 Å². The molecule has 136 valence electrons. The molecule has 0 fully saturated rings. The molecule has 27 heavy (non-hydrogen) atoms. The van der Waals surface area contributed by atoms with Crippen LogP contribution in [-0.4, -0.2) is 37.5 Å². The molecule has 3 heterocycles. The summed E-state index contributed by atoms with van der Waals surface area (Å²) in [6.07, 6.45) is 1.63. The predicted molar refractivity (Wildman–Crippen MR) is 94.5 cm³/mol. The van der Waals surface area contributed by atoms with Crippen LogP contribution < -0.4 is 5.76 Å². The third-order valence-electron chi connectivity index (χ3n) is 4.03. The monoisotopic (exact) mass is 365 g/mol. The van der Waals surface area contributed by atoms with E-state index >= 15 is 0 Å². The van der Waals surface area contributed by atoms with Crippen LogP contribution >= 0.6 is 0 Å². The second-order valence-corrected chi connectivity index (χ2v) is 5.90. The molecule has 1 aromatic carbocycles. The molecule has 0 saturated carbocycles. The Labute approximate surface area is 152 Å². The van der Waals surface area contributed by atoms with Crippen LogP contribution in [0.4, 0.5) is 0 Å². The molecule has 0 atom stereocenters. The third kappa shape index (κ3) is 3.34. The first-order valence-corrected chi connectivity index (χ1v) is 8.18. The van der Waals surface area contributed by atoms with E-state index in [-0.39, 0.29) is 24.9 Å². The van der Waals surface area contributed by atoms with Gasteiger partial charge >= 0.3 is 5.76 Å². The lowest BCUT2D eigenvalue weighted by molar-refractivity contribution is -0.131. The number of carbonyl (C=O) groups is 1. The number of aromatic nitrogens is 4. The number of hydrogen-bond acceptors (Lipinski definition) is 7. The van der Waals surface area contributed by atoms with Gasteiger partial charge in [0.2, 0.25) is 17.6 Å². The van der Waals surface area contributed by atoms with Crippen molar-refractivity contribution < 1.29 is 13.7 Å². The Morgan fingerprint density at radius 2 is 2.00 bits per heavy atom.